The second-order valence-electron chi connectivity index (χ2n) is 3.14. The van der Waals surface area contributed by atoms with Crippen LogP contribution in [0.15, 0.2) is 42.7 Å². The van der Waals surface area contributed by atoms with E-state index in [1.54, 1.807) is 6.07 Å². The number of allylic oxidation sites excluding steroid dienone is 1. The fraction of sp³-hybridized carbons (Fsp3) is 0.182. The molecule has 0 saturated heterocycles. The highest BCUT2D eigenvalue weighted by atomic mass is 19.4. The first-order valence-electron chi connectivity index (χ1n) is 4.59. The number of hydrogen-bond donors (Lipinski definition) is 1. The number of ether oxygens (including phenoxy) is 1. The molecule has 0 saturated carbocycles. The minimum absolute atomic E-state index is 0.0187. The second kappa shape index (κ2) is 5.38. The molecule has 0 radical (unpaired) electrons. The lowest BCUT2D eigenvalue weighted by Gasteiger charge is -2.16. The van der Waals surface area contributed by atoms with Crippen LogP contribution in [0.25, 0.3) is 0 Å². The van der Waals surface area contributed by atoms with Crippen LogP contribution in [0.3, 0.4) is 0 Å². The van der Waals surface area contributed by atoms with Gasteiger partial charge in [0.15, 0.2) is 0 Å². The zero-order valence-electron chi connectivity index (χ0n) is 8.52. The predicted molar refractivity (Wildman–Crippen MR) is 53.5 cm³/mol. The molecule has 92 valence electrons. The summed E-state index contributed by atoms with van der Waals surface area (Å²) >= 11 is 0. The topological polar surface area (TPSA) is 46.5 Å². The smallest absolute Gasteiger partial charge is 0.449 e. The second-order valence-corrected chi connectivity index (χ2v) is 3.14. The van der Waals surface area contributed by atoms with Gasteiger partial charge in [0.05, 0.1) is 6.26 Å². The van der Waals surface area contributed by atoms with Crippen LogP contribution in [0.5, 0.6) is 0 Å². The normalized spacial score (nSPS) is 13.6. The highest BCUT2D eigenvalue weighted by molar-refractivity contribution is 5.57. The lowest BCUT2D eigenvalue weighted by molar-refractivity contribution is -0.139. The molecule has 1 N–H and O–H groups in total. The molecule has 17 heavy (non-hydrogen) atoms. The van der Waals surface area contributed by atoms with Gasteiger partial charge in [-0.3, -0.25) is 0 Å². The van der Waals surface area contributed by atoms with E-state index in [0.717, 1.165) is 0 Å². The molecule has 1 unspecified atom stereocenters. The Morgan fingerprint density at radius 3 is 2.35 bits per heavy atom. The van der Waals surface area contributed by atoms with E-state index in [0.29, 0.717) is 12.3 Å². The SMILES string of the molecule is O=C(O)OC=CC(c1ccccc1)C(F)(F)F. The van der Waals surface area contributed by atoms with Gasteiger partial charge in [-0.2, -0.15) is 13.2 Å². The molecule has 0 spiro atoms. The zero-order chi connectivity index (χ0) is 12.9. The van der Waals surface area contributed by atoms with Gasteiger partial charge in [-0.15, -0.1) is 0 Å². The summed E-state index contributed by atoms with van der Waals surface area (Å²) in [6.45, 7) is 0. The molecule has 0 amide bonds. The Bertz CT molecular complexity index is 398. The number of hydrogen-bond acceptors (Lipinski definition) is 2. The summed E-state index contributed by atoms with van der Waals surface area (Å²) in [7, 11) is 0. The molecule has 0 aliphatic heterocycles. The largest absolute Gasteiger partial charge is 0.510 e. The minimum atomic E-state index is -4.50. The maximum atomic E-state index is 12.7. The Labute approximate surface area is 95.1 Å². The highest BCUT2D eigenvalue weighted by Gasteiger charge is 2.38. The molecular formula is C11H9F3O3. The number of alkyl halides is 3. The molecule has 0 bridgehead atoms. The van der Waals surface area contributed by atoms with Gasteiger partial charge >= 0.3 is 12.3 Å². The molecule has 1 atom stereocenters. The Morgan fingerprint density at radius 1 is 1.29 bits per heavy atom. The van der Waals surface area contributed by atoms with E-state index in [4.69, 9.17) is 5.11 Å². The van der Waals surface area contributed by atoms with Gasteiger partial charge in [-0.1, -0.05) is 30.3 Å². The Balaban J connectivity index is 2.90. The summed E-state index contributed by atoms with van der Waals surface area (Å²) < 4.78 is 42.0. The van der Waals surface area contributed by atoms with Gasteiger partial charge in [0.25, 0.3) is 0 Å². The van der Waals surface area contributed by atoms with Crippen molar-refractivity contribution in [2.45, 2.75) is 12.1 Å². The number of carbonyl (C=O) groups is 1. The van der Waals surface area contributed by atoms with Crippen molar-refractivity contribution in [3.63, 3.8) is 0 Å². The molecule has 1 rings (SSSR count). The van der Waals surface area contributed by atoms with Crippen LogP contribution in [0, 0.1) is 0 Å². The maximum Gasteiger partial charge on any atom is 0.510 e. The first-order chi connectivity index (χ1) is 7.91. The summed E-state index contributed by atoms with van der Waals surface area (Å²) in [5.74, 6) is -1.89. The summed E-state index contributed by atoms with van der Waals surface area (Å²) in [6, 6.07) is 7.15. The van der Waals surface area contributed by atoms with Gasteiger partial charge < -0.3 is 9.84 Å². The van der Waals surface area contributed by atoms with Crippen LogP contribution >= 0.6 is 0 Å². The molecular weight excluding hydrogens is 237 g/mol. The average Bonchev–Trinajstić information content (AvgIpc) is 2.23. The van der Waals surface area contributed by atoms with Gasteiger partial charge in [-0.25, -0.2) is 4.79 Å². The van der Waals surface area contributed by atoms with Crippen molar-refractivity contribution in [2.75, 3.05) is 0 Å². The average molecular weight is 246 g/mol. The van der Waals surface area contributed by atoms with Crippen LogP contribution in [-0.4, -0.2) is 17.4 Å². The number of benzene rings is 1. The van der Waals surface area contributed by atoms with Crippen molar-refractivity contribution in [3.8, 4) is 0 Å². The molecule has 3 nitrogen and oxygen atoms in total. The van der Waals surface area contributed by atoms with Gasteiger partial charge in [0.1, 0.15) is 5.92 Å². The standard InChI is InChI=1S/C11H9F3O3/c12-11(13,14)9(6-7-17-10(15)16)8-4-2-1-3-5-8/h1-7,9H,(H,15,16). The van der Waals surface area contributed by atoms with E-state index in [-0.39, 0.29) is 5.56 Å². The summed E-state index contributed by atoms with van der Waals surface area (Å²) in [5, 5.41) is 8.15. The summed E-state index contributed by atoms with van der Waals surface area (Å²) in [4.78, 5) is 10.0. The lowest BCUT2D eigenvalue weighted by Crippen LogP contribution is -2.19. The van der Waals surface area contributed by atoms with Crippen LogP contribution in [0.4, 0.5) is 18.0 Å². The third-order valence-corrected chi connectivity index (χ3v) is 1.95. The number of rotatable bonds is 3. The van der Waals surface area contributed by atoms with Crippen LogP contribution in [0.1, 0.15) is 11.5 Å². The molecule has 0 aliphatic carbocycles. The monoisotopic (exact) mass is 246 g/mol. The summed E-state index contributed by atoms with van der Waals surface area (Å²) in [6.07, 6.45) is -4.98. The Hall–Kier alpha value is -1.98. The van der Waals surface area contributed by atoms with Crippen molar-refractivity contribution < 1.29 is 27.8 Å². The number of carboxylic acid groups (broad SMARTS) is 1. The third-order valence-electron chi connectivity index (χ3n) is 1.95. The molecule has 0 fully saturated rings. The molecule has 0 aromatic heterocycles. The van der Waals surface area contributed by atoms with E-state index in [9.17, 15) is 18.0 Å². The van der Waals surface area contributed by atoms with Crippen LogP contribution < -0.4 is 0 Å². The quantitative estimate of drug-likeness (QED) is 0.655. The Morgan fingerprint density at radius 2 is 1.88 bits per heavy atom. The van der Waals surface area contributed by atoms with Crippen molar-refractivity contribution >= 4 is 6.16 Å². The first kappa shape index (κ1) is 13.1. The van der Waals surface area contributed by atoms with E-state index in [2.05, 4.69) is 4.74 Å². The van der Waals surface area contributed by atoms with Crippen LogP contribution in [0.2, 0.25) is 0 Å². The molecule has 1 aromatic rings. The van der Waals surface area contributed by atoms with Gasteiger partial charge in [0, 0.05) is 0 Å². The first-order valence-corrected chi connectivity index (χ1v) is 4.59. The minimum Gasteiger partial charge on any atom is -0.449 e. The van der Waals surface area contributed by atoms with E-state index in [1.165, 1.54) is 24.3 Å². The molecule has 1 aromatic carbocycles. The Kier molecular flexibility index (Phi) is 4.14. The molecule has 0 heterocycles. The third kappa shape index (κ3) is 4.18. The zero-order valence-corrected chi connectivity index (χ0v) is 8.52. The fourth-order valence-electron chi connectivity index (χ4n) is 1.25. The van der Waals surface area contributed by atoms with Gasteiger partial charge in [0.2, 0.25) is 0 Å². The lowest BCUT2D eigenvalue weighted by atomic mass is 9.99. The van der Waals surface area contributed by atoms with Crippen molar-refractivity contribution in [1.82, 2.24) is 0 Å². The fourth-order valence-corrected chi connectivity index (χ4v) is 1.25. The van der Waals surface area contributed by atoms with Crippen molar-refractivity contribution in [1.29, 1.82) is 0 Å². The van der Waals surface area contributed by atoms with Gasteiger partial charge in [-0.05, 0) is 11.6 Å². The van der Waals surface area contributed by atoms with Crippen molar-refractivity contribution in [3.05, 3.63) is 48.2 Å². The van der Waals surface area contributed by atoms with Crippen molar-refractivity contribution in [2.24, 2.45) is 0 Å². The predicted octanol–water partition coefficient (Wildman–Crippen LogP) is 3.54. The maximum absolute atomic E-state index is 12.7. The van der Waals surface area contributed by atoms with E-state index >= 15 is 0 Å². The summed E-state index contributed by atoms with van der Waals surface area (Å²) in [5.41, 5.74) is 0.0187. The molecule has 0 aliphatic rings. The number of halogens is 3. The van der Waals surface area contributed by atoms with E-state index in [1.807, 2.05) is 0 Å². The molecule has 6 heteroatoms. The van der Waals surface area contributed by atoms with E-state index < -0.39 is 18.2 Å². The highest BCUT2D eigenvalue weighted by Crippen LogP contribution is 2.35. The van der Waals surface area contributed by atoms with Crippen LogP contribution in [-0.2, 0) is 4.74 Å².